The van der Waals surface area contributed by atoms with Crippen molar-refractivity contribution < 1.29 is 4.74 Å². The second-order valence-corrected chi connectivity index (χ2v) is 7.28. The van der Waals surface area contributed by atoms with Crippen LogP contribution < -0.4 is 10.5 Å². The van der Waals surface area contributed by atoms with Crippen LogP contribution in [-0.4, -0.2) is 17.1 Å². The summed E-state index contributed by atoms with van der Waals surface area (Å²) < 4.78 is 5.20. The number of aryl methyl sites for hydroxylation is 1. The van der Waals surface area contributed by atoms with Crippen LogP contribution in [0, 0.1) is 5.92 Å². The van der Waals surface area contributed by atoms with Crippen LogP contribution in [0.1, 0.15) is 23.8 Å². The van der Waals surface area contributed by atoms with Crippen molar-refractivity contribution in [2.75, 3.05) is 12.8 Å². The molecule has 0 saturated heterocycles. The van der Waals surface area contributed by atoms with Gasteiger partial charge in [-0.3, -0.25) is 0 Å². The van der Waals surface area contributed by atoms with E-state index in [4.69, 9.17) is 15.5 Å². The number of aromatic nitrogens is 2. The van der Waals surface area contributed by atoms with Crippen molar-refractivity contribution in [3.8, 4) is 17.1 Å². The molecule has 1 aromatic carbocycles. The van der Waals surface area contributed by atoms with E-state index in [1.807, 2.05) is 24.3 Å². The van der Waals surface area contributed by atoms with Gasteiger partial charge >= 0.3 is 0 Å². The SMILES string of the molecule is COc1ccc(-c2nc(N)c3c4c(sc3n2)CC[C@@H](C)C4)cc1. The van der Waals surface area contributed by atoms with E-state index in [-0.39, 0.29) is 0 Å². The summed E-state index contributed by atoms with van der Waals surface area (Å²) in [4.78, 5) is 11.8. The molecular formula is C18H19N3OS. The molecule has 23 heavy (non-hydrogen) atoms. The van der Waals surface area contributed by atoms with Crippen molar-refractivity contribution in [2.45, 2.75) is 26.2 Å². The van der Waals surface area contributed by atoms with Crippen LogP contribution >= 0.6 is 11.3 Å². The summed E-state index contributed by atoms with van der Waals surface area (Å²) in [7, 11) is 1.66. The standard InChI is InChI=1S/C18H19N3OS/c1-10-3-8-14-13(9-10)15-16(19)20-17(21-18(15)23-14)11-4-6-12(22-2)7-5-11/h4-7,10H,3,8-9H2,1-2H3,(H2,19,20,21)/t10-/m1/s1. The molecule has 2 N–H and O–H groups in total. The van der Waals surface area contributed by atoms with Gasteiger partial charge in [0.1, 0.15) is 16.4 Å². The summed E-state index contributed by atoms with van der Waals surface area (Å²) in [5.41, 5.74) is 8.63. The third kappa shape index (κ3) is 2.45. The normalized spacial score (nSPS) is 17.2. The summed E-state index contributed by atoms with van der Waals surface area (Å²) in [5.74, 6) is 2.82. The number of nitrogen functional groups attached to an aromatic ring is 1. The van der Waals surface area contributed by atoms with Crippen molar-refractivity contribution >= 4 is 27.4 Å². The van der Waals surface area contributed by atoms with Gasteiger partial charge in [-0.05, 0) is 55.0 Å². The fourth-order valence-electron chi connectivity index (χ4n) is 3.25. The van der Waals surface area contributed by atoms with Crippen LogP contribution in [0.5, 0.6) is 5.75 Å². The molecule has 0 fully saturated rings. The Morgan fingerprint density at radius 2 is 2.00 bits per heavy atom. The molecule has 1 aliphatic rings. The Labute approximate surface area is 139 Å². The zero-order chi connectivity index (χ0) is 16.0. The maximum atomic E-state index is 6.30. The molecule has 0 spiro atoms. The van der Waals surface area contributed by atoms with E-state index in [2.05, 4.69) is 11.9 Å². The van der Waals surface area contributed by atoms with E-state index in [0.717, 1.165) is 34.4 Å². The van der Waals surface area contributed by atoms with E-state index >= 15 is 0 Å². The first-order chi connectivity index (χ1) is 11.2. The molecular weight excluding hydrogens is 306 g/mol. The topological polar surface area (TPSA) is 61.0 Å². The Hall–Kier alpha value is -2.14. The summed E-state index contributed by atoms with van der Waals surface area (Å²) >= 11 is 1.78. The monoisotopic (exact) mass is 325 g/mol. The van der Waals surface area contributed by atoms with Crippen molar-refractivity contribution in [1.82, 2.24) is 9.97 Å². The molecule has 4 nitrogen and oxygen atoms in total. The summed E-state index contributed by atoms with van der Waals surface area (Å²) in [5, 5.41) is 1.08. The highest BCUT2D eigenvalue weighted by Crippen LogP contribution is 2.40. The molecule has 2 aromatic heterocycles. The average Bonchev–Trinajstić information content (AvgIpc) is 2.93. The zero-order valence-corrected chi connectivity index (χ0v) is 14.1. The predicted molar refractivity (Wildman–Crippen MR) is 95.0 cm³/mol. The lowest BCUT2D eigenvalue weighted by molar-refractivity contribution is 0.415. The van der Waals surface area contributed by atoms with E-state index < -0.39 is 0 Å². The summed E-state index contributed by atoms with van der Waals surface area (Å²) in [6.07, 6.45) is 3.47. The van der Waals surface area contributed by atoms with E-state index in [9.17, 15) is 0 Å². The highest BCUT2D eigenvalue weighted by atomic mass is 32.1. The van der Waals surface area contributed by atoms with Crippen LogP contribution in [0.2, 0.25) is 0 Å². The number of rotatable bonds is 2. The lowest BCUT2D eigenvalue weighted by atomic mass is 9.89. The largest absolute Gasteiger partial charge is 0.497 e. The molecule has 0 saturated carbocycles. The van der Waals surface area contributed by atoms with E-state index in [1.165, 1.54) is 16.9 Å². The van der Waals surface area contributed by atoms with Gasteiger partial charge in [0.05, 0.1) is 12.5 Å². The van der Waals surface area contributed by atoms with Crippen molar-refractivity contribution in [3.63, 3.8) is 0 Å². The maximum absolute atomic E-state index is 6.30. The number of methoxy groups -OCH3 is 1. The van der Waals surface area contributed by atoms with Crippen LogP contribution in [0.25, 0.3) is 21.6 Å². The average molecular weight is 325 g/mol. The molecule has 3 aromatic rings. The Morgan fingerprint density at radius 3 is 2.74 bits per heavy atom. The predicted octanol–water partition coefficient (Wildman–Crippen LogP) is 4.07. The first kappa shape index (κ1) is 14.5. The molecule has 1 aliphatic carbocycles. The molecule has 5 heteroatoms. The number of nitrogens with two attached hydrogens (primary N) is 1. The Balaban J connectivity index is 1.84. The number of benzene rings is 1. The number of nitrogens with zero attached hydrogens (tertiary/aromatic N) is 2. The van der Waals surface area contributed by atoms with Gasteiger partial charge in [-0.1, -0.05) is 6.92 Å². The molecule has 0 unspecified atom stereocenters. The number of ether oxygens (including phenoxy) is 1. The van der Waals surface area contributed by atoms with Crippen LogP contribution in [-0.2, 0) is 12.8 Å². The quantitative estimate of drug-likeness (QED) is 0.771. The van der Waals surface area contributed by atoms with Crippen LogP contribution in [0.4, 0.5) is 5.82 Å². The molecule has 0 amide bonds. The number of thiophene rings is 1. The second kappa shape index (κ2) is 5.49. The molecule has 118 valence electrons. The van der Waals surface area contributed by atoms with Gasteiger partial charge in [-0.25, -0.2) is 9.97 Å². The molecule has 0 aliphatic heterocycles. The van der Waals surface area contributed by atoms with Gasteiger partial charge in [0.15, 0.2) is 5.82 Å². The lowest BCUT2D eigenvalue weighted by Gasteiger charge is -2.18. The van der Waals surface area contributed by atoms with E-state index in [1.54, 1.807) is 18.4 Å². The first-order valence-electron chi connectivity index (χ1n) is 7.88. The van der Waals surface area contributed by atoms with Crippen molar-refractivity contribution in [1.29, 1.82) is 0 Å². The van der Waals surface area contributed by atoms with Gasteiger partial charge in [0, 0.05) is 10.4 Å². The van der Waals surface area contributed by atoms with Gasteiger partial charge in [-0.2, -0.15) is 0 Å². The molecule has 2 heterocycles. The van der Waals surface area contributed by atoms with Gasteiger partial charge in [-0.15, -0.1) is 11.3 Å². The Bertz CT molecular complexity index is 870. The zero-order valence-electron chi connectivity index (χ0n) is 13.3. The minimum atomic E-state index is 0.604. The summed E-state index contributed by atoms with van der Waals surface area (Å²) in [6.45, 7) is 2.30. The van der Waals surface area contributed by atoms with Crippen molar-refractivity contribution in [2.24, 2.45) is 5.92 Å². The molecule has 1 atom stereocenters. The smallest absolute Gasteiger partial charge is 0.163 e. The molecule has 0 bridgehead atoms. The Morgan fingerprint density at radius 1 is 1.22 bits per heavy atom. The third-order valence-electron chi connectivity index (χ3n) is 4.53. The highest BCUT2D eigenvalue weighted by Gasteiger charge is 2.23. The van der Waals surface area contributed by atoms with E-state index in [0.29, 0.717) is 17.6 Å². The number of anilines is 1. The molecule has 0 radical (unpaired) electrons. The second-order valence-electron chi connectivity index (χ2n) is 6.19. The van der Waals surface area contributed by atoms with Gasteiger partial charge in [0.25, 0.3) is 0 Å². The summed E-state index contributed by atoms with van der Waals surface area (Å²) in [6, 6.07) is 7.77. The lowest BCUT2D eigenvalue weighted by Crippen LogP contribution is -2.09. The van der Waals surface area contributed by atoms with Crippen LogP contribution in [0.15, 0.2) is 24.3 Å². The first-order valence-corrected chi connectivity index (χ1v) is 8.69. The minimum absolute atomic E-state index is 0.604. The van der Waals surface area contributed by atoms with Crippen LogP contribution in [0.3, 0.4) is 0 Å². The number of hydrogen-bond acceptors (Lipinski definition) is 5. The highest BCUT2D eigenvalue weighted by molar-refractivity contribution is 7.19. The Kier molecular flexibility index (Phi) is 3.45. The third-order valence-corrected chi connectivity index (χ3v) is 5.71. The van der Waals surface area contributed by atoms with Gasteiger partial charge < -0.3 is 10.5 Å². The fraction of sp³-hybridized carbons (Fsp3) is 0.333. The fourth-order valence-corrected chi connectivity index (χ4v) is 4.47. The van der Waals surface area contributed by atoms with Gasteiger partial charge in [0.2, 0.25) is 0 Å². The minimum Gasteiger partial charge on any atom is -0.497 e. The number of fused-ring (bicyclic) bond motifs is 3. The maximum Gasteiger partial charge on any atom is 0.163 e. The number of hydrogen-bond donors (Lipinski definition) is 1. The van der Waals surface area contributed by atoms with Crippen molar-refractivity contribution in [3.05, 3.63) is 34.7 Å². The molecule has 4 rings (SSSR count).